The average molecular weight is 254 g/mol. The van der Waals surface area contributed by atoms with Crippen molar-refractivity contribution in [3.05, 3.63) is 39.2 Å². The van der Waals surface area contributed by atoms with E-state index in [9.17, 15) is 14.7 Å². The minimum Gasteiger partial charge on any atom is -0.394 e. The van der Waals surface area contributed by atoms with Crippen LogP contribution in [0.2, 0.25) is 0 Å². The van der Waals surface area contributed by atoms with Gasteiger partial charge in [0.25, 0.3) is 5.56 Å². The van der Waals surface area contributed by atoms with Crippen molar-refractivity contribution < 1.29 is 14.9 Å². The zero-order chi connectivity index (χ0) is 13.3. The third-order valence-corrected chi connectivity index (χ3v) is 2.91. The molecule has 1 aliphatic heterocycles. The monoisotopic (exact) mass is 254 g/mol. The summed E-state index contributed by atoms with van der Waals surface area (Å²) in [5.74, 6) is 0. The lowest BCUT2D eigenvalue weighted by atomic mass is 10.2. The molecule has 1 fully saturated rings. The molecule has 7 nitrogen and oxygen atoms in total. The molecule has 1 saturated heterocycles. The van der Waals surface area contributed by atoms with E-state index in [1.54, 1.807) is 0 Å². The summed E-state index contributed by atoms with van der Waals surface area (Å²) in [7, 11) is 0. The molecule has 3 N–H and O–H groups in total. The highest BCUT2D eigenvalue weighted by molar-refractivity contribution is 5.43. The summed E-state index contributed by atoms with van der Waals surface area (Å²) in [4.78, 5) is 25.1. The number of ether oxygens (including phenoxy) is 1. The maximum absolute atomic E-state index is 11.6. The molecule has 2 rings (SSSR count). The van der Waals surface area contributed by atoms with Gasteiger partial charge in [-0.2, -0.15) is 0 Å². The van der Waals surface area contributed by atoms with Gasteiger partial charge in [0.05, 0.1) is 18.3 Å². The van der Waals surface area contributed by atoms with E-state index in [4.69, 9.17) is 9.84 Å². The smallest absolute Gasteiger partial charge is 0.330 e. The maximum atomic E-state index is 11.6. The van der Waals surface area contributed by atoms with E-state index in [2.05, 4.69) is 11.6 Å². The number of H-pyrrole nitrogens is 1. The van der Waals surface area contributed by atoms with Crippen LogP contribution in [0.5, 0.6) is 0 Å². The van der Waals surface area contributed by atoms with Crippen molar-refractivity contribution in [1.82, 2.24) is 9.55 Å². The molecule has 0 aliphatic carbocycles. The molecular weight excluding hydrogens is 240 g/mol. The molecule has 0 spiro atoms. The van der Waals surface area contributed by atoms with Gasteiger partial charge >= 0.3 is 5.69 Å². The fourth-order valence-electron chi connectivity index (χ4n) is 1.91. The fraction of sp³-hybridized carbons (Fsp3) is 0.455. The maximum Gasteiger partial charge on any atom is 0.330 e. The molecule has 1 aromatic heterocycles. The van der Waals surface area contributed by atoms with Gasteiger partial charge in [-0.3, -0.25) is 14.3 Å². The van der Waals surface area contributed by atoms with E-state index in [1.807, 2.05) is 0 Å². The number of hydrogen-bond acceptors (Lipinski definition) is 5. The predicted octanol–water partition coefficient (Wildman–Crippen LogP) is -1.18. The Balaban J connectivity index is 2.38. The van der Waals surface area contributed by atoms with Gasteiger partial charge in [0, 0.05) is 12.6 Å². The summed E-state index contributed by atoms with van der Waals surface area (Å²) < 4.78 is 6.51. The molecule has 1 aromatic rings. The molecule has 98 valence electrons. The predicted molar refractivity (Wildman–Crippen MR) is 63.0 cm³/mol. The Labute approximate surface area is 102 Å². The standard InChI is InChI=1S/C11H14N2O5/c1-2-6-4-13(11(17)12-10(6)16)9-3-7(15)8(5-14)18-9/h2,4,7-9,14-15H,1,3,5H2,(H,12,16,17)/t7-,8-,9-/m0/s1. The van der Waals surface area contributed by atoms with Crippen LogP contribution in [0, 0.1) is 0 Å². The summed E-state index contributed by atoms with van der Waals surface area (Å²) in [6.45, 7) is 3.14. The van der Waals surface area contributed by atoms with Crippen molar-refractivity contribution in [3.63, 3.8) is 0 Å². The number of aliphatic hydroxyl groups is 2. The highest BCUT2D eigenvalue weighted by Crippen LogP contribution is 2.27. The third kappa shape index (κ3) is 2.15. The second-order valence-electron chi connectivity index (χ2n) is 4.07. The highest BCUT2D eigenvalue weighted by Gasteiger charge is 2.34. The molecule has 3 atom stereocenters. The van der Waals surface area contributed by atoms with Gasteiger partial charge in [0.1, 0.15) is 12.3 Å². The number of nitrogens with one attached hydrogen (secondary N) is 1. The number of nitrogens with zero attached hydrogens (tertiary/aromatic N) is 1. The first-order chi connectivity index (χ1) is 8.56. The topological polar surface area (TPSA) is 105 Å². The van der Waals surface area contributed by atoms with Gasteiger partial charge in [0.2, 0.25) is 0 Å². The van der Waals surface area contributed by atoms with Gasteiger partial charge in [-0.1, -0.05) is 12.7 Å². The fourth-order valence-corrected chi connectivity index (χ4v) is 1.91. The molecule has 7 heteroatoms. The molecular formula is C11H14N2O5. The lowest BCUT2D eigenvalue weighted by molar-refractivity contribution is -0.0459. The minimum absolute atomic E-state index is 0.174. The molecule has 0 aromatic carbocycles. The van der Waals surface area contributed by atoms with Crippen LogP contribution in [-0.2, 0) is 4.74 Å². The van der Waals surface area contributed by atoms with Crippen molar-refractivity contribution in [2.24, 2.45) is 0 Å². The molecule has 0 unspecified atom stereocenters. The molecule has 0 amide bonds. The van der Waals surface area contributed by atoms with Crippen molar-refractivity contribution in [2.45, 2.75) is 24.9 Å². The van der Waals surface area contributed by atoms with E-state index in [-0.39, 0.29) is 18.6 Å². The largest absolute Gasteiger partial charge is 0.394 e. The number of aromatic amines is 1. The first-order valence-electron chi connectivity index (χ1n) is 5.49. The second-order valence-corrected chi connectivity index (χ2v) is 4.07. The first-order valence-corrected chi connectivity index (χ1v) is 5.49. The quantitative estimate of drug-likeness (QED) is 0.630. The Hall–Kier alpha value is -1.70. The lowest BCUT2D eigenvalue weighted by Crippen LogP contribution is -2.33. The lowest BCUT2D eigenvalue weighted by Gasteiger charge is -2.14. The van der Waals surface area contributed by atoms with E-state index in [0.29, 0.717) is 0 Å². The van der Waals surface area contributed by atoms with Gasteiger partial charge in [-0.25, -0.2) is 4.79 Å². The molecule has 1 aliphatic rings. The van der Waals surface area contributed by atoms with Crippen LogP contribution < -0.4 is 11.2 Å². The highest BCUT2D eigenvalue weighted by atomic mass is 16.5. The summed E-state index contributed by atoms with van der Waals surface area (Å²) in [5.41, 5.74) is -0.912. The number of rotatable bonds is 3. The van der Waals surface area contributed by atoms with Crippen molar-refractivity contribution in [1.29, 1.82) is 0 Å². The minimum atomic E-state index is -0.842. The van der Waals surface area contributed by atoms with E-state index < -0.39 is 29.7 Å². The van der Waals surface area contributed by atoms with E-state index in [0.717, 1.165) is 0 Å². The normalized spacial score (nSPS) is 27.3. The van der Waals surface area contributed by atoms with Gasteiger partial charge in [0.15, 0.2) is 0 Å². The SMILES string of the molecule is C=Cc1cn([C@@H]2C[C@H](O)[C@H](CO)O2)c(=O)[nH]c1=O. The Bertz CT molecular complexity index is 561. The first kappa shape index (κ1) is 12.7. The molecule has 18 heavy (non-hydrogen) atoms. The summed E-state index contributed by atoms with van der Waals surface area (Å²) >= 11 is 0. The van der Waals surface area contributed by atoms with Crippen LogP contribution in [0.15, 0.2) is 22.4 Å². The Kier molecular flexibility index (Phi) is 3.46. The van der Waals surface area contributed by atoms with Crippen LogP contribution in [0.1, 0.15) is 18.2 Å². The van der Waals surface area contributed by atoms with E-state index >= 15 is 0 Å². The zero-order valence-corrected chi connectivity index (χ0v) is 9.57. The van der Waals surface area contributed by atoms with Crippen molar-refractivity contribution in [2.75, 3.05) is 6.61 Å². The van der Waals surface area contributed by atoms with Gasteiger partial charge < -0.3 is 14.9 Å². The summed E-state index contributed by atoms with van der Waals surface area (Å²) in [6.07, 6.45) is 0.551. The second kappa shape index (κ2) is 4.89. The zero-order valence-electron chi connectivity index (χ0n) is 9.57. The van der Waals surface area contributed by atoms with Crippen LogP contribution in [0.4, 0.5) is 0 Å². The van der Waals surface area contributed by atoms with Crippen molar-refractivity contribution in [3.8, 4) is 0 Å². The van der Waals surface area contributed by atoms with Crippen LogP contribution in [0.3, 0.4) is 0 Å². The number of aliphatic hydroxyl groups excluding tert-OH is 2. The van der Waals surface area contributed by atoms with Gasteiger partial charge in [-0.15, -0.1) is 0 Å². The molecule has 0 radical (unpaired) electrons. The van der Waals surface area contributed by atoms with Crippen LogP contribution in [-0.4, -0.2) is 38.6 Å². The number of aromatic nitrogens is 2. The van der Waals surface area contributed by atoms with E-state index in [1.165, 1.54) is 16.8 Å². The van der Waals surface area contributed by atoms with Crippen LogP contribution >= 0.6 is 0 Å². The van der Waals surface area contributed by atoms with Crippen LogP contribution in [0.25, 0.3) is 6.08 Å². The molecule has 0 saturated carbocycles. The number of hydrogen-bond donors (Lipinski definition) is 3. The Morgan fingerprint density at radius 1 is 1.61 bits per heavy atom. The van der Waals surface area contributed by atoms with Gasteiger partial charge in [-0.05, 0) is 0 Å². The Morgan fingerprint density at radius 3 is 2.89 bits per heavy atom. The molecule has 0 bridgehead atoms. The summed E-state index contributed by atoms with van der Waals surface area (Å²) in [6, 6.07) is 0. The average Bonchev–Trinajstić information content (AvgIpc) is 2.70. The molecule has 2 heterocycles. The Morgan fingerprint density at radius 2 is 2.33 bits per heavy atom. The van der Waals surface area contributed by atoms with Crippen molar-refractivity contribution >= 4 is 6.08 Å². The third-order valence-electron chi connectivity index (χ3n) is 2.91. The summed E-state index contributed by atoms with van der Waals surface area (Å²) in [5, 5.41) is 18.6.